The van der Waals surface area contributed by atoms with E-state index in [0.29, 0.717) is 16.1 Å². The van der Waals surface area contributed by atoms with Gasteiger partial charge in [0, 0.05) is 73.8 Å². The third-order valence-electron chi connectivity index (χ3n) is 7.12. The fourth-order valence-corrected chi connectivity index (χ4v) is 7.31. The fourth-order valence-electron chi connectivity index (χ4n) is 5.08. The van der Waals surface area contributed by atoms with Crippen LogP contribution < -0.4 is 10.6 Å². The molecule has 2 N–H and O–H groups in total. The summed E-state index contributed by atoms with van der Waals surface area (Å²) in [4.78, 5) is 19.9. The number of benzene rings is 2. The summed E-state index contributed by atoms with van der Waals surface area (Å²) in [5.41, 5.74) is 4.29. The molecule has 3 heterocycles. The Kier molecular flexibility index (Phi) is 13.2. The molecule has 1 atom stereocenters. The number of carbonyl (C=O) groups excluding carboxylic acids is 1. The summed E-state index contributed by atoms with van der Waals surface area (Å²) in [7, 11) is 0. The molecule has 1 aromatic heterocycles. The molecule has 2 fully saturated rings. The van der Waals surface area contributed by atoms with Crippen molar-refractivity contribution < 1.29 is 4.79 Å². The Bertz CT molecular complexity index is 1250. The first-order valence-corrected chi connectivity index (χ1v) is 15.5. The molecular formula is C28H35Cl4N5OS2. The van der Waals surface area contributed by atoms with Crippen molar-refractivity contribution in [1.82, 2.24) is 19.5 Å². The number of hydrogen-bond donors (Lipinski definition) is 2. The van der Waals surface area contributed by atoms with E-state index in [2.05, 4.69) is 45.2 Å². The molecule has 1 amide bonds. The summed E-state index contributed by atoms with van der Waals surface area (Å²) in [6, 6.07) is 15.0. The van der Waals surface area contributed by atoms with Crippen LogP contribution >= 0.6 is 71.3 Å². The Morgan fingerprint density at radius 3 is 2.65 bits per heavy atom. The summed E-state index contributed by atoms with van der Waals surface area (Å²) >= 11 is 15.3. The average molecular weight is 664 g/mol. The van der Waals surface area contributed by atoms with Crippen LogP contribution in [0.5, 0.6) is 0 Å². The maximum Gasteiger partial charge on any atom is 0.229 e. The van der Waals surface area contributed by atoms with Crippen molar-refractivity contribution in [3.8, 4) is 11.3 Å². The monoisotopic (exact) mass is 661 g/mol. The van der Waals surface area contributed by atoms with Crippen molar-refractivity contribution in [2.45, 2.75) is 55.6 Å². The second-order valence-electron chi connectivity index (χ2n) is 9.95. The highest BCUT2D eigenvalue weighted by Gasteiger charge is 2.28. The first kappa shape index (κ1) is 33.3. The highest BCUT2D eigenvalue weighted by atomic mass is 35.5. The van der Waals surface area contributed by atoms with Crippen LogP contribution in [0, 0.1) is 0 Å². The Morgan fingerprint density at radius 2 is 1.95 bits per heavy atom. The molecule has 2 aliphatic heterocycles. The zero-order valence-corrected chi connectivity index (χ0v) is 27.1. The summed E-state index contributed by atoms with van der Waals surface area (Å²) in [6.45, 7) is 6.38. The molecule has 12 heteroatoms. The largest absolute Gasteiger partial charge is 0.383 e. The van der Waals surface area contributed by atoms with E-state index in [4.69, 9.17) is 28.2 Å². The number of rotatable bonds is 9. The molecule has 0 aliphatic carbocycles. The van der Waals surface area contributed by atoms with Gasteiger partial charge in [0.15, 0.2) is 4.34 Å². The van der Waals surface area contributed by atoms with Crippen molar-refractivity contribution in [3.05, 3.63) is 63.5 Å². The Labute approximate surface area is 267 Å². The van der Waals surface area contributed by atoms with Crippen molar-refractivity contribution in [3.63, 3.8) is 0 Å². The summed E-state index contributed by atoms with van der Waals surface area (Å²) in [5, 5.41) is 10.3. The zero-order chi connectivity index (χ0) is 26.5. The lowest BCUT2D eigenvalue weighted by molar-refractivity contribution is -0.125. The lowest BCUT2D eigenvalue weighted by Gasteiger charge is -2.37. The van der Waals surface area contributed by atoms with Gasteiger partial charge in [-0.3, -0.25) is 14.0 Å². The Morgan fingerprint density at radius 1 is 1.15 bits per heavy atom. The minimum atomic E-state index is 0. The second-order valence-corrected chi connectivity index (χ2v) is 12.8. The number of nitrogens with zero attached hydrogens (tertiary/aromatic N) is 3. The van der Waals surface area contributed by atoms with Gasteiger partial charge < -0.3 is 10.6 Å². The molecule has 2 saturated heterocycles. The van der Waals surface area contributed by atoms with Gasteiger partial charge in [-0.2, -0.15) is 0 Å². The van der Waals surface area contributed by atoms with Crippen LogP contribution in [-0.4, -0.2) is 58.4 Å². The van der Waals surface area contributed by atoms with E-state index >= 15 is 0 Å². The maximum absolute atomic E-state index is 12.6. The molecular weight excluding hydrogens is 628 g/mol. The molecule has 2 aromatic carbocycles. The second kappa shape index (κ2) is 15.8. The van der Waals surface area contributed by atoms with Crippen LogP contribution in [0.4, 0.5) is 5.69 Å². The molecule has 3 aromatic rings. The van der Waals surface area contributed by atoms with Crippen LogP contribution in [0.15, 0.2) is 52.2 Å². The van der Waals surface area contributed by atoms with Gasteiger partial charge in [0.2, 0.25) is 5.91 Å². The van der Waals surface area contributed by atoms with Gasteiger partial charge in [-0.15, -0.1) is 36.2 Å². The number of nitrogens with one attached hydrogen (secondary N) is 2. The minimum absolute atomic E-state index is 0. The van der Waals surface area contributed by atoms with Gasteiger partial charge in [-0.05, 0) is 62.1 Å². The van der Waals surface area contributed by atoms with Gasteiger partial charge in [0.25, 0.3) is 0 Å². The van der Waals surface area contributed by atoms with Crippen molar-refractivity contribution in [2.75, 3.05) is 31.5 Å². The molecule has 2 aliphatic rings. The Balaban J connectivity index is 0.00000220. The van der Waals surface area contributed by atoms with E-state index in [-0.39, 0.29) is 36.8 Å². The smallest absolute Gasteiger partial charge is 0.229 e. The zero-order valence-electron chi connectivity index (χ0n) is 22.3. The third kappa shape index (κ3) is 8.88. The lowest BCUT2D eigenvalue weighted by atomic mass is 10.0. The van der Waals surface area contributed by atoms with E-state index in [0.717, 1.165) is 72.4 Å². The standard InChI is InChI=1S/C28H33Cl2N5OS2.2ClH/c1-19(36)35(24-9-12-34(13-10-24)17-20-7-8-25(29)26(30)14-20)38-28-33-27(18-37-28)21-4-2-5-22(15-21)32-16-23-6-3-11-31-23;;/h2,4-5,7-8,14-15,18,23-24,31-32H,3,6,9-13,16-17H2,1H3;2*1H/t23-;;/m0../s1. The Hall–Kier alpha value is -1.23. The van der Waals surface area contributed by atoms with Crippen molar-refractivity contribution in [1.29, 1.82) is 0 Å². The fraction of sp³-hybridized carbons (Fsp3) is 0.429. The van der Waals surface area contributed by atoms with Crippen molar-refractivity contribution in [2.24, 2.45) is 0 Å². The van der Waals surface area contributed by atoms with Gasteiger partial charge in [-0.25, -0.2) is 4.98 Å². The summed E-state index contributed by atoms with van der Waals surface area (Å²) < 4.78 is 2.81. The van der Waals surface area contributed by atoms with Crippen LogP contribution in [0.1, 0.15) is 38.2 Å². The normalized spacial score (nSPS) is 17.6. The molecule has 40 heavy (non-hydrogen) atoms. The number of aromatic nitrogens is 1. The predicted molar refractivity (Wildman–Crippen MR) is 175 cm³/mol. The number of amides is 1. The highest BCUT2D eigenvalue weighted by Crippen LogP contribution is 2.35. The number of piperidine rings is 1. The third-order valence-corrected chi connectivity index (χ3v) is 10.0. The molecule has 0 bridgehead atoms. The van der Waals surface area contributed by atoms with Crippen LogP contribution in [0.2, 0.25) is 10.0 Å². The van der Waals surface area contributed by atoms with E-state index < -0.39 is 0 Å². The van der Waals surface area contributed by atoms with E-state index in [1.54, 1.807) is 18.3 Å². The molecule has 218 valence electrons. The molecule has 6 nitrogen and oxygen atoms in total. The van der Waals surface area contributed by atoms with Gasteiger partial charge >= 0.3 is 0 Å². The van der Waals surface area contributed by atoms with Crippen LogP contribution in [-0.2, 0) is 11.3 Å². The number of halogens is 4. The molecule has 5 rings (SSSR count). The summed E-state index contributed by atoms with van der Waals surface area (Å²) in [6.07, 6.45) is 4.33. The minimum Gasteiger partial charge on any atom is -0.383 e. The van der Waals surface area contributed by atoms with Gasteiger partial charge in [0.1, 0.15) is 0 Å². The number of thiazole rings is 1. The molecule has 0 saturated carbocycles. The summed E-state index contributed by atoms with van der Waals surface area (Å²) in [5.74, 6) is 0.0707. The van der Waals surface area contributed by atoms with Gasteiger partial charge in [0.05, 0.1) is 15.7 Å². The average Bonchev–Trinajstić information content (AvgIpc) is 3.61. The SMILES string of the molecule is CC(=O)N(Sc1nc(-c2cccc(NC[C@@H]3CCCN3)c2)cs1)C1CCN(Cc2ccc(Cl)c(Cl)c2)CC1.Cl.Cl. The quantitative estimate of drug-likeness (QED) is 0.230. The molecule has 0 radical (unpaired) electrons. The van der Waals surface area contributed by atoms with Crippen LogP contribution in [0.3, 0.4) is 0 Å². The van der Waals surface area contributed by atoms with E-state index in [1.807, 2.05) is 22.5 Å². The van der Waals surface area contributed by atoms with E-state index in [1.165, 1.54) is 24.8 Å². The molecule has 0 spiro atoms. The number of anilines is 1. The number of hydrogen-bond acceptors (Lipinski definition) is 7. The molecule has 0 unspecified atom stereocenters. The van der Waals surface area contributed by atoms with Crippen LogP contribution in [0.25, 0.3) is 11.3 Å². The first-order valence-electron chi connectivity index (χ1n) is 13.1. The lowest BCUT2D eigenvalue weighted by Crippen LogP contribution is -2.43. The number of carbonyl (C=O) groups is 1. The van der Waals surface area contributed by atoms with E-state index in [9.17, 15) is 4.79 Å². The maximum atomic E-state index is 12.6. The predicted octanol–water partition coefficient (Wildman–Crippen LogP) is 7.64. The topological polar surface area (TPSA) is 60.5 Å². The van der Waals surface area contributed by atoms with Gasteiger partial charge in [-0.1, -0.05) is 41.4 Å². The highest BCUT2D eigenvalue weighted by molar-refractivity contribution is 7.99. The number of likely N-dealkylation sites (tertiary alicyclic amines) is 1. The first-order chi connectivity index (χ1) is 18.4. The van der Waals surface area contributed by atoms with Crippen molar-refractivity contribution >= 4 is 82.9 Å².